The van der Waals surface area contributed by atoms with Crippen LogP contribution in [0.15, 0.2) is 48.5 Å². The number of nitrogens with zero attached hydrogens (tertiary/aromatic N) is 3. The number of para-hydroxylation sites is 1. The van der Waals surface area contributed by atoms with Crippen molar-refractivity contribution in [3.05, 3.63) is 70.8 Å². The molecule has 0 unspecified atom stereocenters. The van der Waals surface area contributed by atoms with Crippen LogP contribution < -0.4 is 5.32 Å². The lowest BCUT2D eigenvalue weighted by molar-refractivity contribution is 0.102. The second-order valence-electron chi connectivity index (χ2n) is 4.85. The van der Waals surface area contributed by atoms with Gasteiger partial charge in [-0.1, -0.05) is 28.9 Å². The zero-order valence-electron chi connectivity index (χ0n) is 12.1. The minimum Gasteiger partial charge on any atom is -0.321 e. The molecule has 0 bridgehead atoms. The second kappa shape index (κ2) is 6.18. The van der Waals surface area contributed by atoms with Crippen molar-refractivity contribution in [2.45, 2.75) is 6.92 Å². The number of benzene rings is 2. The molecule has 0 saturated carbocycles. The number of halogens is 2. The van der Waals surface area contributed by atoms with Crippen molar-refractivity contribution in [3.8, 4) is 5.69 Å². The highest BCUT2D eigenvalue weighted by atomic mass is 35.5. The zero-order chi connectivity index (χ0) is 16.4. The maximum absolute atomic E-state index is 13.8. The number of amides is 1. The molecule has 1 aromatic heterocycles. The topological polar surface area (TPSA) is 59.8 Å². The third-order valence-corrected chi connectivity index (χ3v) is 3.54. The molecule has 0 saturated heterocycles. The van der Waals surface area contributed by atoms with E-state index in [1.54, 1.807) is 49.4 Å². The molecule has 0 fully saturated rings. The third-order valence-electron chi connectivity index (χ3n) is 3.29. The van der Waals surface area contributed by atoms with Crippen molar-refractivity contribution in [2.75, 3.05) is 5.32 Å². The van der Waals surface area contributed by atoms with Gasteiger partial charge in [-0.05, 0) is 43.3 Å². The van der Waals surface area contributed by atoms with Gasteiger partial charge in [0.25, 0.3) is 5.91 Å². The van der Waals surface area contributed by atoms with E-state index in [1.807, 2.05) is 0 Å². The van der Waals surface area contributed by atoms with Crippen LogP contribution in [0.2, 0.25) is 5.02 Å². The summed E-state index contributed by atoms with van der Waals surface area (Å²) >= 11 is 5.80. The number of hydrogen-bond donors (Lipinski definition) is 1. The lowest BCUT2D eigenvalue weighted by atomic mass is 10.2. The molecule has 0 spiro atoms. The number of anilines is 1. The molecule has 116 valence electrons. The van der Waals surface area contributed by atoms with E-state index >= 15 is 0 Å². The average Bonchev–Trinajstić information content (AvgIpc) is 2.92. The molecule has 1 N–H and O–H groups in total. The fraction of sp³-hybridized carbons (Fsp3) is 0.0625. The van der Waals surface area contributed by atoms with Gasteiger partial charge in [0.2, 0.25) is 0 Å². The van der Waals surface area contributed by atoms with Crippen LogP contribution in [0.1, 0.15) is 16.2 Å². The quantitative estimate of drug-likeness (QED) is 0.798. The van der Waals surface area contributed by atoms with E-state index in [4.69, 9.17) is 11.6 Å². The van der Waals surface area contributed by atoms with Crippen LogP contribution in [-0.4, -0.2) is 20.9 Å². The molecular formula is C16H12ClFN4O. The molecule has 0 atom stereocenters. The molecule has 2 aromatic carbocycles. The van der Waals surface area contributed by atoms with Gasteiger partial charge < -0.3 is 5.32 Å². The minimum atomic E-state index is -0.440. The molecule has 0 aliphatic rings. The fourth-order valence-electron chi connectivity index (χ4n) is 2.11. The van der Waals surface area contributed by atoms with E-state index < -0.39 is 11.7 Å². The summed E-state index contributed by atoms with van der Waals surface area (Å²) in [6.07, 6.45) is 0. The first-order valence-corrected chi connectivity index (χ1v) is 7.18. The first-order chi connectivity index (χ1) is 11.1. The Balaban J connectivity index is 1.88. The van der Waals surface area contributed by atoms with Gasteiger partial charge in [-0.15, -0.1) is 5.10 Å². The maximum atomic E-state index is 13.8. The molecular weight excluding hydrogens is 319 g/mol. The van der Waals surface area contributed by atoms with Crippen LogP contribution in [0.25, 0.3) is 5.69 Å². The predicted molar refractivity (Wildman–Crippen MR) is 85.5 cm³/mol. The summed E-state index contributed by atoms with van der Waals surface area (Å²) in [5, 5.41) is 11.0. The van der Waals surface area contributed by atoms with Crippen molar-refractivity contribution in [3.63, 3.8) is 0 Å². The van der Waals surface area contributed by atoms with Gasteiger partial charge >= 0.3 is 0 Å². The van der Waals surface area contributed by atoms with Gasteiger partial charge in [0.15, 0.2) is 5.69 Å². The summed E-state index contributed by atoms with van der Waals surface area (Å²) in [5.74, 6) is -0.863. The van der Waals surface area contributed by atoms with Gasteiger partial charge in [0.05, 0.1) is 5.69 Å². The summed E-state index contributed by atoms with van der Waals surface area (Å²) < 4.78 is 15.1. The van der Waals surface area contributed by atoms with Crippen molar-refractivity contribution < 1.29 is 9.18 Å². The summed E-state index contributed by atoms with van der Waals surface area (Å²) in [6, 6.07) is 12.8. The Morgan fingerprint density at radius 1 is 1.17 bits per heavy atom. The van der Waals surface area contributed by atoms with Gasteiger partial charge in [-0.2, -0.15) is 0 Å². The van der Waals surface area contributed by atoms with Crippen LogP contribution in [0, 0.1) is 12.7 Å². The van der Waals surface area contributed by atoms with Gasteiger partial charge in [0.1, 0.15) is 11.5 Å². The van der Waals surface area contributed by atoms with Gasteiger partial charge in [-0.3, -0.25) is 4.79 Å². The van der Waals surface area contributed by atoms with Gasteiger partial charge in [-0.25, -0.2) is 9.07 Å². The summed E-state index contributed by atoms with van der Waals surface area (Å²) in [6.45, 7) is 1.66. The molecule has 3 rings (SSSR count). The van der Waals surface area contributed by atoms with Crippen LogP contribution in [0.3, 0.4) is 0 Å². The van der Waals surface area contributed by atoms with Crippen molar-refractivity contribution in [1.82, 2.24) is 15.0 Å². The number of carbonyl (C=O) groups is 1. The van der Waals surface area contributed by atoms with E-state index in [9.17, 15) is 9.18 Å². The van der Waals surface area contributed by atoms with Crippen LogP contribution in [-0.2, 0) is 0 Å². The molecule has 3 aromatic rings. The van der Waals surface area contributed by atoms with Crippen LogP contribution in [0.4, 0.5) is 10.1 Å². The average molecular weight is 331 g/mol. The van der Waals surface area contributed by atoms with E-state index in [2.05, 4.69) is 15.6 Å². The van der Waals surface area contributed by atoms with E-state index in [-0.39, 0.29) is 11.4 Å². The lowest BCUT2D eigenvalue weighted by Gasteiger charge is -2.06. The highest BCUT2D eigenvalue weighted by molar-refractivity contribution is 6.30. The van der Waals surface area contributed by atoms with E-state index in [1.165, 1.54) is 10.7 Å². The SMILES string of the molecule is Cc1c(C(=O)Nc2ccc(Cl)cc2)nnn1-c1ccccc1F. The number of hydrogen-bond acceptors (Lipinski definition) is 3. The Hall–Kier alpha value is -2.73. The predicted octanol–water partition coefficient (Wildman–Crippen LogP) is 3.62. The first kappa shape index (κ1) is 15.2. The molecule has 1 amide bonds. The van der Waals surface area contributed by atoms with Crippen LogP contribution >= 0.6 is 11.6 Å². The second-order valence-corrected chi connectivity index (χ2v) is 5.28. The van der Waals surface area contributed by atoms with Gasteiger partial charge in [0, 0.05) is 10.7 Å². The third kappa shape index (κ3) is 3.07. The van der Waals surface area contributed by atoms with Crippen molar-refractivity contribution in [1.29, 1.82) is 0 Å². The smallest absolute Gasteiger partial charge is 0.278 e. The molecule has 0 aliphatic carbocycles. The highest BCUT2D eigenvalue weighted by Gasteiger charge is 2.18. The largest absolute Gasteiger partial charge is 0.321 e. The Bertz CT molecular complexity index is 861. The molecule has 1 heterocycles. The summed E-state index contributed by atoms with van der Waals surface area (Å²) in [7, 11) is 0. The normalized spacial score (nSPS) is 10.6. The Morgan fingerprint density at radius 3 is 2.57 bits per heavy atom. The highest BCUT2D eigenvalue weighted by Crippen LogP contribution is 2.17. The summed E-state index contributed by atoms with van der Waals surface area (Å²) in [5.41, 5.74) is 1.40. The molecule has 0 radical (unpaired) electrons. The zero-order valence-corrected chi connectivity index (χ0v) is 12.9. The fourth-order valence-corrected chi connectivity index (χ4v) is 2.24. The van der Waals surface area contributed by atoms with E-state index in [0.29, 0.717) is 16.4 Å². The lowest BCUT2D eigenvalue weighted by Crippen LogP contribution is -2.14. The Kier molecular flexibility index (Phi) is 4.08. The van der Waals surface area contributed by atoms with Crippen molar-refractivity contribution >= 4 is 23.2 Å². The number of carbonyl (C=O) groups excluding carboxylic acids is 1. The van der Waals surface area contributed by atoms with E-state index in [0.717, 1.165) is 0 Å². The molecule has 23 heavy (non-hydrogen) atoms. The molecule has 0 aliphatic heterocycles. The standard InChI is InChI=1S/C16H12ClFN4O/c1-10-15(16(23)19-12-8-6-11(17)7-9-12)20-21-22(10)14-5-3-2-4-13(14)18/h2-9H,1H3,(H,19,23). The number of rotatable bonds is 3. The van der Waals surface area contributed by atoms with Crippen LogP contribution in [0.5, 0.6) is 0 Å². The van der Waals surface area contributed by atoms with Crippen molar-refractivity contribution in [2.24, 2.45) is 0 Å². The Labute approximate surface area is 136 Å². The summed E-state index contributed by atoms with van der Waals surface area (Å²) in [4.78, 5) is 12.3. The minimum absolute atomic E-state index is 0.128. The number of aromatic nitrogens is 3. The first-order valence-electron chi connectivity index (χ1n) is 6.80. The number of nitrogens with one attached hydrogen (secondary N) is 1. The Morgan fingerprint density at radius 2 is 1.87 bits per heavy atom. The maximum Gasteiger partial charge on any atom is 0.278 e. The molecule has 7 heteroatoms. The monoisotopic (exact) mass is 330 g/mol. The molecule has 5 nitrogen and oxygen atoms in total.